The lowest BCUT2D eigenvalue weighted by molar-refractivity contribution is -0.139. The fourth-order valence-corrected chi connectivity index (χ4v) is 5.98. The number of likely N-dealkylation sites (N-methyl/N-ethyl adjacent to an activating group) is 1. The number of carbonyl (C=O) groups is 2. The number of nitrogens with zero attached hydrogens (tertiary/aromatic N) is 3. The number of hydrogen-bond donors (Lipinski definition) is 0. The summed E-state index contributed by atoms with van der Waals surface area (Å²) < 4.78 is 12.7. The van der Waals surface area contributed by atoms with Gasteiger partial charge in [0.15, 0.2) is 4.80 Å². The number of anilines is 1. The fraction of sp³-hybridized carbons (Fsp3) is 0.259. The number of methoxy groups -OCH3 is 1. The van der Waals surface area contributed by atoms with E-state index >= 15 is 0 Å². The van der Waals surface area contributed by atoms with Crippen LogP contribution in [0.1, 0.15) is 37.9 Å². The first-order valence-electron chi connectivity index (χ1n) is 11.7. The van der Waals surface area contributed by atoms with Gasteiger partial charge in [-0.25, -0.2) is 9.79 Å². The number of hydrogen-bond acceptors (Lipinski definition) is 7. The number of aromatic nitrogens is 1. The first kappa shape index (κ1) is 23.7. The third-order valence-corrected chi connectivity index (χ3v) is 7.45. The second-order valence-corrected chi connectivity index (χ2v) is 9.28. The molecule has 36 heavy (non-hydrogen) atoms. The number of esters is 1. The lowest BCUT2D eigenvalue weighted by Gasteiger charge is -2.25. The number of para-hydroxylation sites is 2. The molecule has 0 aliphatic carbocycles. The average molecular weight is 504 g/mol. The molecule has 2 aliphatic rings. The van der Waals surface area contributed by atoms with E-state index in [2.05, 4.69) is 4.99 Å². The van der Waals surface area contributed by atoms with Crippen molar-refractivity contribution >= 4 is 34.5 Å². The number of benzene rings is 2. The summed E-state index contributed by atoms with van der Waals surface area (Å²) in [6, 6.07) is 13.9. The highest BCUT2D eigenvalue weighted by Gasteiger charge is 2.37. The smallest absolute Gasteiger partial charge is 0.338 e. The molecule has 1 atom stereocenters. The van der Waals surface area contributed by atoms with Crippen molar-refractivity contribution in [1.29, 1.82) is 0 Å². The summed E-state index contributed by atoms with van der Waals surface area (Å²) in [5.41, 5.74) is 2.80. The van der Waals surface area contributed by atoms with Crippen LogP contribution in [0.5, 0.6) is 5.75 Å². The topological polar surface area (TPSA) is 90.2 Å². The quantitative estimate of drug-likeness (QED) is 0.499. The van der Waals surface area contributed by atoms with Crippen molar-refractivity contribution in [3.05, 3.63) is 90.6 Å². The van der Waals surface area contributed by atoms with E-state index in [4.69, 9.17) is 9.47 Å². The Kier molecular flexibility index (Phi) is 6.09. The largest absolute Gasteiger partial charge is 0.496 e. The van der Waals surface area contributed by atoms with E-state index in [1.807, 2.05) is 49.4 Å². The summed E-state index contributed by atoms with van der Waals surface area (Å²) in [6.07, 6.45) is 0. The van der Waals surface area contributed by atoms with E-state index in [1.54, 1.807) is 31.9 Å². The SMILES string of the molecule is CCOC(=O)C1=C(C)N=c2s/c(=C3\C(=O)N(CC)c4ccccc43)c(=O)n2[C@@H]1c1ccccc1OC. The first-order valence-corrected chi connectivity index (χ1v) is 12.5. The van der Waals surface area contributed by atoms with Crippen molar-refractivity contribution in [1.82, 2.24) is 4.57 Å². The number of allylic oxidation sites excluding steroid dienone is 1. The van der Waals surface area contributed by atoms with Crippen LogP contribution in [0.3, 0.4) is 0 Å². The van der Waals surface area contributed by atoms with Crippen molar-refractivity contribution in [3.8, 4) is 5.75 Å². The van der Waals surface area contributed by atoms with Gasteiger partial charge in [-0.2, -0.15) is 0 Å². The molecular formula is C27H25N3O5S. The van der Waals surface area contributed by atoms with Gasteiger partial charge >= 0.3 is 5.97 Å². The Morgan fingerprint density at radius 3 is 2.53 bits per heavy atom. The van der Waals surface area contributed by atoms with Crippen molar-refractivity contribution in [2.75, 3.05) is 25.2 Å². The fourth-order valence-electron chi connectivity index (χ4n) is 4.84. The maximum atomic E-state index is 14.1. The molecule has 2 aromatic carbocycles. The van der Waals surface area contributed by atoms with E-state index < -0.39 is 12.0 Å². The summed E-state index contributed by atoms with van der Waals surface area (Å²) in [7, 11) is 1.54. The minimum Gasteiger partial charge on any atom is -0.496 e. The van der Waals surface area contributed by atoms with Crippen LogP contribution in [-0.2, 0) is 14.3 Å². The van der Waals surface area contributed by atoms with E-state index in [1.165, 1.54) is 4.57 Å². The van der Waals surface area contributed by atoms with Gasteiger partial charge in [0.05, 0.1) is 36.2 Å². The molecule has 0 radical (unpaired) electrons. The minimum atomic E-state index is -0.820. The molecule has 0 bridgehead atoms. The molecule has 9 heteroatoms. The van der Waals surface area contributed by atoms with Crippen LogP contribution in [0, 0.1) is 0 Å². The molecule has 1 aromatic heterocycles. The molecule has 0 unspecified atom stereocenters. The van der Waals surface area contributed by atoms with Gasteiger partial charge in [-0.1, -0.05) is 47.7 Å². The Labute approximate surface area is 211 Å². The monoisotopic (exact) mass is 503 g/mol. The Balaban J connectivity index is 1.85. The zero-order valence-electron chi connectivity index (χ0n) is 20.4. The summed E-state index contributed by atoms with van der Waals surface area (Å²) >= 11 is 1.15. The summed E-state index contributed by atoms with van der Waals surface area (Å²) in [5, 5.41) is 0. The zero-order valence-corrected chi connectivity index (χ0v) is 21.2. The number of amides is 1. The highest BCUT2D eigenvalue weighted by Crippen LogP contribution is 2.37. The predicted octanol–water partition coefficient (Wildman–Crippen LogP) is 2.54. The van der Waals surface area contributed by atoms with Crippen LogP contribution in [0.4, 0.5) is 5.69 Å². The van der Waals surface area contributed by atoms with Crippen LogP contribution in [0.25, 0.3) is 5.57 Å². The number of thiazole rings is 1. The average Bonchev–Trinajstić information content (AvgIpc) is 3.35. The van der Waals surface area contributed by atoms with Gasteiger partial charge in [-0.3, -0.25) is 14.2 Å². The lowest BCUT2D eigenvalue weighted by Crippen LogP contribution is -2.41. The van der Waals surface area contributed by atoms with Crippen molar-refractivity contribution in [2.45, 2.75) is 26.8 Å². The van der Waals surface area contributed by atoms with Gasteiger partial charge in [0, 0.05) is 17.7 Å². The van der Waals surface area contributed by atoms with Gasteiger partial charge in [-0.05, 0) is 32.9 Å². The van der Waals surface area contributed by atoms with Crippen molar-refractivity contribution < 1.29 is 19.1 Å². The molecule has 5 rings (SSSR count). The van der Waals surface area contributed by atoms with Crippen LogP contribution >= 0.6 is 11.3 Å². The number of ether oxygens (including phenoxy) is 2. The standard InChI is InChI=1S/C27H25N3O5S/c1-5-29-18-13-9-7-11-16(18)21(24(29)31)23-25(32)30-22(17-12-8-10-14-19(17)34-4)20(26(33)35-6-2)15(3)28-27(30)36-23/h7-14,22H,5-6H2,1-4H3/b23-21-/t22-/m1/s1. The molecule has 1 amide bonds. The Morgan fingerprint density at radius 1 is 1.08 bits per heavy atom. The van der Waals surface area contributed by atoms with Gasteiger partial charge in [-0.15, -0.1) is 0 Å². The second kappa shape index (κ2) is 9.23. The Bertz CT molecular complexity index is 1610. The van der Waals surface area contributed by atoms with Crippen molar-refractivity contribution in [3.63, 3.8) is 0 Å². The van der Waals surface area contributed by atoms with E-state index in [0.717, 1.165) is 17.0 Å². The highest BCUT2D eigenvalue weighted by molar-refractivity contribution is 7.07. The summed E-state index contributed by atoms with van der Waals surface area (Å²) in [4.78, 5) is 47.3. The lowest BCUT2D eigenvalue weighted by atomic mass is 9.95. The molecule has 3 heterocycles. The first-order chi connectivity index (χ1) is 17.4. The summed E-state index contributed by atoms with van der Waals surface area (Å²) in [5.74, 6) is -0.247. The molecule has 0 saturated carbocycles. The Morgan fingerprint density at radius 2 is 1.81 bits per heavy atom. The van der Waals surface area contributed by atoms with Gasteiger partial charge in [0.25, 0.3) is 11.5 Å². The van der Waals surface area contributed by atoms with E-state index in [0.29, 0.717) is 44.0 Å². The highest BCUT2D eigenvalue weighted by atomic mass is 32.1. The maximum Gasteiger partial charge on any atom is 0.338 e. The predicted molar refractivity (Wildman–Crippen MR) is 137 cm³/mol. The third kappa shape index (κ3) is 3.50. The molecule has 0 saturated heterocycles. The molecule has 0 fully saturated rings. The van der Waals surface area contributed by atoms with E-state index in [-0.39, 0.29) is 23.6 Å². The van der Waals surface area contributed by atoms with Gasteiger partial charge in [0.1, 0.15) is 16.3 Å². The number of carbonyl (C=O) groups excluding carboxylic acids is 2. The molecule has 2 aliphatic heterocycles. The molecule has 0 spiro atoms. The normalized spacial score (nSPS) is 18.1. The zero-order chi connectivity index (χ0) is 25.6. The third-order valence-electron chi connectivity index (χ3n) is 6.39. The van der Waals surface area contributed by atoms with Crippen LogP contribution in [0.15, 0.2) is 69.6 Å². The molecule has 184 valence electrons. The number of rotatable bonds is 5. The molecule has 8 nitrogen and oxygen atoms in total. The van der Waals surface area contributed by atoms with Gasteiger partial charge in [0.2, 0.25) is 0 Å². The molecule has 0 N–H and O–H groups in total. The van der Waals surface area contributed by atoms with Crippen LogP contribution in [0.2, 0.25) is 0 Å². The van der Waals surface area contributed by atoms with Gasteiger partial charge < -0.3 is 14.4 Å². The van der Waals surface area contributed by atoms with Crippen molar-refractivity contribution in [2.24, 2.45) is 4.99 Å². The molecule has 3 aromatic rings. The Hall–Kier alpha value is -3.98. The molecular weight excluding hydrogens is 478 g/mol. The van der Waals surface area contributed by atoms with Crippen LogP contribution in [-0.4, -0.2) is 36.7 Å². The van der Waals surface area contributed by atoms with E-state index in [9.17, 15) is 14.4 Å². The minimum absolute atomic E-state index is 0.182. The summed E-state index contributed by atoms with van der Waals surface area (Å²) in [6.45, 7) is 6.01. The number of fused-ring (bicyclic) bond motifs is 2. The maximum absolute atomic E-state index is 14.1. The second-order valence-electron chi connectivity index (χ2n) is 8.31. The van der Waals surface area contributed by atoms with Crippen LogP contribution < -0.4 is 24.5 Å².